The molecule has 0 spiro atoms. The van der Waals surface area contributed by atoms with Crippen LogP contribution >= 0.6 is 0 Å². The fraction of sp³-hybridized carbons (Fsp3) is 0.286. The minimum absolute atomic E-state index is 0.169. The molecule has 0 N–H and O–H groups in total. The van der Waals surface area contributed by atoms with Gasteiger partial charge in [-0.2, -0.15) is 0 Å². The van der Waals surface area contributed by atoms with Crippen LogP contribution in [0.5, 0.6) is 0 Å². The average molecular weight is 348 g/mol. The Morgan fingerprint density at radius 2 is 1.73 bits per heavy atom. The van der Waals surface area contributed by atoms with Crippen LogP contribution in [0.3, 0.4) is 0 Å². The standard InChI is InChI=1S/C21H20N2O3/c1-14-9-11-15(12-10-14)19(24)23-17-7-3-2-6-16(17)20(25)22-13-5-4-8-18(22)21(23)26/h2-3,6-7,9-12,18H,4-5,8,13H2,1H3/t18-/m0/s1. The summed E-state index contributed by atoms with van der Waals surface area (Å²) < 4.78 is 0. The number of rotatable bonds is 1. The van der Waals surface area contributed by atoms with Crippen molar-refractivity contribution >= 4 is 23.4 Å². The van der Waals surface area contributed by atoms with Gasteiger partial charge in [-0.05, 0) is 50.5 Å². The molecular weight excluding hydrogens is 328 g/mol. The number of piperidine rings is 1. The van der Waals surface area contributed by atoms with Crippen LogP contribution in [0.15, 0.2) is 48.5 Å². The van der Waals surface area contributed by atoms with Gasteiger partial charge in [0.25, 0.3) is 17.7 Å². The summed E-state index contributed by atoms with van der Waals surface area (Å²) in [7, 11) is 0. The maximum absolute atomic E-state index is 13.3. The van der Waals surface area contributed by atoms with E-state index in [2.05, 4.69) is 0 Å². The fourth-order valence-corrected chi connectivity index (χ4v) is 3.74. The molecule has 1 saturated heterocycles. The summed E-state index contributed by atoms with van der Waals surface area (Å²) in [6.07, 6.45) is 2.35. The molecule has 26 heavy (non-hydrogen) atoms. The van der Waals surface area contributed by atoms with E-state index in [0.717, 1.165) is 18.4 Å². The molecule has 132 valence electrons. The van der Waals surface area contributed by atoms with E-state index in [-0.39, 0.29) is 17.7 Å². The van der Waals surface area contributed by atoms with Gasteiger partial charge in [0.05, 0.1) is 11.3 Å². The number of fused-ring (bicyclic) bond motifs is 2. The topological polar surface area (TPSA) is 57.7 Å². The van der Waals surface area contributed by atoms with Crippen LogP contribution < -0.4 is 4.90 Å². The zero-order valence-corrected chi connectivity index (χ0v) is 14.6. The Bertz CT molecular complexity index is 888. The van der Waals surface area contributed by atoms with Crippen molar-refractivity contribution in [1.82, 2.24) is 4.90 Å². The van der Waals surface area contributed by atoms with E-state index in [1.807, 2.05) is 19.1 Å². The lowest BCUT2D eigenvalue weighted by Gasteiger charge is -2.34. The zero-order valence-electron chi connectivity index (χ0n) is 14.6. The summed E-state index contributed by atoms with van der Waals surface area (Å²) in [6.45, 7) is 2.50. The van der Waals surface area contributed by atoms with E-state index in [0.29, 0.717) is 29.8 Å². The molecule has 0 radical (unpaired) electrons. The number of imide groups is 1. The molecule has 0 aromatic heterocycles. The quantitative estimate of drug-likeness (QED) is 0.744. The number of hydrogen-bond donors (Lipinski definition) is 0. The van der Waals surface area contributed by atoms with Gasteiger partial charge < -0.3 is 4.90 Å². The van der Waals surface area contributed by atoms with Crippen LogP contribution in [0.25, 0.3) is 0 Å². The first-order valence-electron chi connectivity index (χ1n) is 8.93. The van der Waals surface area contributed by atoms with Gasteiger partial charge in [-0.1, -0.05) is 29.8 Å². The number of anilines is 1. The molecule has 4 rings (SSSR count). The van der Waals surface area contributed by atoms with E-state index < -0.39 is 6.04 Å². The second-order valence-corrected chi connectivity index (χ2v) is 6.87. The molecule has 2 aromatic rings. The highest BCUT2D eigenvalue weighted by Gasteiger charge is 2.42. The van der Waals surface area contributed by atoms with Crippen molar-refractivity contribution in [2.75, 3.05) is 11.4 Å². The number of carbonyl (C=O) groups excluding carboxylic acids is 3. The Morgan fingerprint density at radius 1 is 1.00 bits per heavy atom. The summed E-state index contributed by atoms with van der Waals surface area (Å²) in [5.41, 5.74) is 2.27. The number of aryl methyl sites for hydroxylation is 1. The van der Waals surface area contributed by atoms with Gasteiger partial charge in [-0.15, -0.1) is 0 Å². The lowest BCUT2D eigenvalue weighted by atomic mass is 10.0. The third kappa shape index (κ3) is 2.60. The summed E-state index contributed by atoms with van der Waals surface area (Å²) in [5.74, 6) is -0.867. The first kappa shape index (κ1) is 16.5. The van der Waals surface area contributed by atoms with E-state index in [4.69, 9.17) is 0 Å². The van der Waals surface area contributed by atoms with E-state index in [1.165, 1.54) is 4.90 Å². The Morgan fingerprint density at radius 3 is 2.50 bits per heavy atom. The summed E-state index contributed by atoms with van der Waals surface area (Å²) in [5, 5.41) is 0. The average Bonchev–Trinajstić information content (AvgIpc) is 2.76. The Balaban J connectivity index is 1.85. The van der Waals surface area contributed by atoms with Gasteiger partial charge in [-0.25, -0.2) is 4.90 Å². The van der Waals surface area contributed by atoms with E-state index >= 15 is 0 Å². The molecule has 1 atom stereocenters. The summed E-state index contributed by atoms with van der Waals surface area (Å²) in [6, 6.07) is 13.4. The molecule has 0 saturated carbocycles. The normalized spacial score (nSPS) is 19.7. The van der Waals surface area contributed by atoms with Crippen LogP contribution in [0, 0.1) is 6.92 Å². The predicted molar refractivity (Wildman–Crippen MR) is 98.1 cm³/mol. The third-order valence-electron chi connectivity index (χ3n) is 5.15. The van der Waals surface area contributed by atoms with Crippen LogP contribution in [0.1, 0.15) is 45.5 Å². The van der Waals surface area contributed by atoms with Gasteiger partial charge in [0.15, 0.2) is 0 Å². The van der Waals surface area contributed by atoms with Gasteiger partial charge >= 0.3 is 0 Å². The Kier molecular flexibility index (Phi) is 4.07. The molecule has 0 aliphatic carbocycles. The van der Waals surface area contributed by atoms with Gasteiger partial charge in [0.2, 0.25) is 0 Å². The van der Waals surface area contributed by atoms with Crippen molar-refractivity contribution in [3.8, 4) is 0 Å². The molecule has 5 nitrogen and oxygen atoms in total. The highest BCUT2D eigenvalue weighted by atomic mass is 16.2. The minimum Gasteiger partial charge on any atom is -0.327 e. The van der Waals surface area contributed by atoms with Crippen molar-refractivity contribution in [3.05, 3.63) is 65.2 Å². The number of amides is 3. The number of hydrogen-bond acceptors (Lipinski definition) is 3. The highest BCUT2D eigenvalue weighted by Crippen LogP contribution is 2.32. The zero-order chi connectivity index (χ0) is 18.3. The van der Waals surface area contributed by atoms with Gasteiger partial charge in [-0.3, -0.25) is 14.4 Å². The molecule has 1 fully saturated rings. The number of benzene rings is 2. The predicted octanol–water partition coefficient (Wildman–Crippen LogP) is 3.18. The first-order valence-corrected chi connectivity index (χ1v) is 8.93. The molecule has 2 aliphatic rings. The van der Waals surface area contributed by atoms with Crippen molar-refractivity contribution in [3.63, 3.8) is 0 Å². The SMILES string of the molecule is Cc1ccc(C(=O)N2C(=O)[C@@H]3CCCCN3C(=O)c3ccccc32)cc1. The fourth-order valence-electron chi connectivity index (χ4n) is 3.74. The largest absolute Gasteiger partial charge is 0.327 e. The maximum Gasteiger partial charge on any atom is 0.265 e. The maximum atomic E-state index is 13.3. The molecular formula is C21H20N2O3. The lowest BCUT2D eigenvalue weighted by Crippen LogP contribution is -2.52. The van der Waals surface area contributed by atoms with E-state index in [1.54, 1.807) is 41.3 Å². The van der Waals surface area contributed by atoms with Crippen molar-refractivity contribution in [1.29, 1.82) is 0 Å². The first-order chi connectivity index (χ1) is 12.6. The molecule has 2 aromatic carbocycles. The second kappa shape index (κ2) is 6.41. The molecule has 2 aliphatic heterocycles. The van der Waals surface area contributed by atoms with Crippen LogP contribution in [0.4, 0.5) is 5.69 Å². The van der Waals surface area contributed by atoms with Crippen molar-refractivity contribution in [2.45, 2.75) is 32.2 Å². The number of carbonyl (C=O) groups is 3. The van der Waals surface area contributed by atoms with Gasteiger partial charge in [0, 0.05) is 12.1 Å². The van der Waals surface area contributed by atoms with Crippen LogP contribution in [-0.4, -0.2) is 35.2 Å². The molecule has 0 unspecified atom stereocenters. The molecule has 5 heteroatoms. The molecule has 2 heterocycles. The molecule has 0 bridgehead atoms. The molecule has 3 amide bonds. The third-order valence-corrected chi connectivity index (χ3v) is 5.15. The number of nitrogens with zero attached hydrogens (tertiary/aromatic N) is 2. The Hall–Kier alpha value is -2.95. The monoisotopic (exact) mass is 348 g/mol. The number of para-hydroxylation sites is 1. The minimum atomic E-state index is -0.571. The Labute approximate surface area is 152 Å². The highest BCUT2D eigenvalue weighted by molar-refractivity contribution is 6.26. The second-order valence-electron chi connectivity index (χ2n) is 6.87. The smallest absolute Gasteiger partial charge is 0.265 e. The lowest BCUT2D eigenvalue weighted by molar-refractivity contribution is -0.123. The van der Waals surface area contributed by atoms with Crippen molar-refractivity contribution < 1.29 is 14.4 Å². The van der Waals surface area contributed by atoms with Crippen LogP contribution in [0.2, 0.25) is 0 Å². The van der Waals surface area contributed by atoms with E-state index in [9.17, 15) is 14.4 Å². The van der Waals surface area contributed by atoms with Crippen LogP contribution in [-0.2, 0) is 4.79 Å². The summed E-state index contributed by atoms with van der Waals surface area (Å²) in [4.78, 5) is 42.3. The van der Waals surface area contributed by atoms with Crippen molar-refractivity contribution in [2.24, 2.45) is 0 Å². The van der Waals surface area contributed by atoms with Gasteiger partial charge in [0.1, 0.15) is 6.04 Å². The summed E-state index contributed by atoms with van der Waals surface area (Å²) >= 11 is 0.